The van der Waals surface area contributed by atoms with Crippen molar-refractivity contribution in [3.63, 3.8) is 0 Å². The Morgan fingerprint density at radius 1 is 1.05 bits per heavy atom. The van der Waals surface area contributed by atoms with E-state index in [1.165, 1.54) is 20.1 Å². The Balaban J connectivity index is 1.62. The van der Waals surface area contributed by atoms with Gasteiger partial charge in [-0.3, -0.25) is 19.4 Å². The first-order valence-electron chi connectivity index (χ1n) is 18.3. The number of aliphatic imine (C=N–C) groups is 1. The lowest BCUT2D eigenvalue weighted by molar-refractivity contribution is -0.207. The number of phenols is 2. The van der Waals surface area contributed by atoms with Gasteiger partial charge in [-0.25, -0.2) is 4.79 Å². The predicted octanol–water partition coefficient (Wildman–Crippen LogP) is 0.234. The van der Waals surface area contributed by atoms with Crippen molar-refractivity contribution < 1.29 is 78.6 Å². The number of ether oxygens (including phenoxy) is 5. The minimum absolute atomic E-state index is 0.00783. The number of esters is 2. The van der Waals surface area contributed by atoms with Crippen molar-refractivity contribution in [3.8, 4) is 11.5 Å². The summed E-state index contributed by atoms with van der Waals surface area (Å²) in [5, 5.41) is 91.0. The monoisotopic (exact) mass is 798 g/mol. The summed E-state index contributed by atoms with van der Waals surface area (Å²) in [4.78, 5) is 59.9. The number of ketones is 2. The quantitative estimate of drug-likeness (QED) is 0.158. The van der Waals surface area contributed by atoms with Crippen molar-refractivity contribution in [1.82, 2.24) is 0 Å². The molecule has 3 aliphatic carbocycles. The third-order valence-electron chi connectivity index (χ3n) is 11.8. The van der Waals surface area contributed by atoms with Crippen molar-refractivity contribution >= 4 is 34.9 Å². The van der Waals surface area contributed by atoms with Crippen LogP contribution in [0, 0.1) is 18.3 Å². The van der Waals surface area contributed by atoms with Crippen LogP contribution in [0.5, 0.6) is 11.5 Å². The topological polar surface area (TPSA) is 292 Å². The highest BCUT2D eigenvalue weighted by molar-refractivity contribution is 6.28. The van der Waals surface area contributed by atoms with Crippen LogP contribution >= 0.6 is 0 Å². The zero-order chi connectivity index (χ0) is 42.1. The molecule has 1 fully saturated rings. The molecule has 1 unspecified atom stereocenters. The molecule has 0 aromatic heterocycles. The maximum Gasteiger partial charge on any atom is 0.341 e. The Hall–Kier alpha value is -4.66. The zero-order valence-corrected chi connectivity index (χ0v) is 32.1. The molecule has 0 spiro atoms. The number of fused-ring (bicyclic) bond motifs is 5. The van der Waals surface area contributed by atoms with Gasteiger partial charge < -0.3 is 64.8 Å². The van der Waals surface area contributed by atoms with Gasteiger partial charge >= 0.3 is 11.9 Å². The number of hydrogen-bond donors (Lipinski definition) is 8. The maximum absolute atomic E-state index is 15.0. The molecule has 6 rings (SSSR count). The summed E-state index contributed by atoms with van der Waals surface area (Å²) in [6, 6.07) is 2.28. The van der Waals surface area contributed by atoms with Gasteiger partial charge in [0.05, 0.1) is 55.8 Å². The smallest absolute Gasteiger partial charge is 0.341 e. The number of phenolic OH excluding ortho intramolecular Hbond substituents is 2. The number of benzene rings is 2. The van der Waals surface area contributed by atoms with Gasteiger partial charge in [0, 0.05) is 61.4 Å². The van der Waals surface area contributed by atoms with E-state index in [2.05, 4.69) is 4.99 Å². The number of hydrogen-bond acceptors (Lipinski definition) is 18. The van der Waals surface area contributed by atoms with Crippen LogP contribution in [-0.2, 0) is 46.1 Å². The van der Waals surface area contributed by atoms with Crippen LogP contribution in [0.4, 0.5) is 0 Å². The normalized spacial score (nSPS) is 32.6. The second kappa shape index (κ2) is 14.9. The Morgan fingerprint density at radius 2 is 1.74 bits per heavy atom. The lowest BCUT2D eigenvalue weighted by Gasteiger charge is -2.53. The minimum atomic E-state index is -3.28. The number of Topliss-reactive ketones (excluding diaryl/α,β-unsaturated/α-hetero) is 2. The molecule has 1 heterocycles. The van der Waals surface area contributed by atoms with Crippen molar-refractivity contribution in [2.24, 2.45) is 10.9 Å². The molecule has 9 atom stereocenters. The predicted molar refractivity (Wildman–Crippen MR) is 195 cm³/mol. The molecule has 308 valence electrons. The molecule has 1 aliphatic heterocycles. The lowest BCUT2D eigenvalue weighted by Crippen LogP contribution is -2.73. The van der Waals surface area contributed by atoms with Gasteiger partial charge in [-0.15, -0.1) is 0 Å². The highest BCUT2D eigenvalue weighted by Crippen LogP contribution is 2.57. The van der Waals surface area contributed by atoms with Crippen LogP contribution in [0.25, 0.3) is 0 Å². The first kappa shape index (κ1) is 42.0. The first-order valence-corrected chi connectivity index (χ1v) is 18.3. The molecule has 18 nitrogen and oxygen atoms in total. The highest BCUT2D eigenvalue weighted by Gasteiger charge is 2.73. The van der Waals surface area contributed by atoms with Gasteiger partial charge in [-0.1, -0.05) is 6.07 Å². The van der Waals surface area contributed by atoms with Gasteiger partial charge in [0.1, 0.15) is 28.8 Å². The van der Waals surface area contributed by atoms with E-state index >= 15 is 4.79 Å². The van der Waals surface area contributed by atoms with Crippen LogP contribution in [0.1, 0.15) is 92.0 Å². The third-order valence-corrected chi connectivity index (χ3v) is 11.8. The molecule has 1 saturated heterocycles. The number of aromatic hydroxyl groups is 2. The maximum atomic E-state index is 15.0. The van der Waals surface area contributed by atoms with E-state index in [1.54, 1.807) is 13.8 Å². The molecule has 4 aliphatic rings. The van der Waals surface area contributed by atoms with Crippen LogP contribution < -0.4 is 0 Å². The Kier molecular flexibility index (Phi) is 11.0. The molecular weight excluding hydrogens is 752 g/mol. The van der Waals surface area contributed by atoms with Crippen LogP contribution in [0.15, 0.2) is 17.1 Å². The van der Waals surface area contributed by atoms with Gasteiger partial charge in [0.15, 0.2) is 17.4 Å². The van der Waals surface area contributed by atoms with Crippen LogP contribution in [-0.4, -0.2) is 141 Å². The number of aliphatic hydroxyl groups is 5. The molecule has 2 aromatic carbocycles. The van der Waals surface area contributed by atoms with Crippen molar-refractivity contribution in [1.29, 1.82) is 5.41 Å². The fourth-order valence-corrected chi connectivity index (χ4v) is 9.04. The minimum Gasteiger partial charge on any atom is -0.507 e. The van der Waals surface area contributed by atoms with Crippen molar-refractivity contribution in [2.45, 2.75) is 93.9 Å². The number of aryl methyl sites for hydroxylation is 1. The number of nitrogens with zero attached hydrogens (tertiary/aromatic N) is 1. The number of aliphatic hydroxyl groups excluding tert-OH is 3. The summed E-state index contributed by atoms with van der Waals surface area (Å²) in [6.45, 7) is 3.95. The van der Waals surface area contributed by atoms with E-state index in [0.717, 1.165) is 20.3 Å². The van der Waals surface area contributed by atoms with Crippen LogP contribution in [0.3, 0.4) is 0 Å². The van der Waals surface area contributed by atoms with E-state index < -0.39 is 160 Å². The average Bonchev–Trinajstić information content (AvgIpc) is 3.15. The standard InChI is InChI=1S/C39H46N2O16/c1-7-56-24(44)8-9-37(51)20-12-18-26(30(46)27(20)21(40)13-22(37)41-35-19(14-42)29(45)32(53-4)16(3)57-35)34(49)39(55-6)23(43)11-17-10-15(2)25(36(50)54-5)31(47)28(17)38(39,52)33(18)48/h10,12,16,19,23,29,32,35,40,42-43,45-47,51-52H,7-9,11,13-14H2,1-6H3/t16-,19+,23+,29-,32-,35-,37?,38-,39+/m0/s1. The molecule has 2 aromatic rings. The van der Waals surface area contributed by atoms with E-state index in [-0.39, 0.29) is 23.4 Å². The second-order valence-electron chi connectivity index (χ2n) is 14.7. The van der Waals surface area contributed by atoms with Gasteiger partial charge in [-0.05, 0) is 44.4 Å². The number of carbonyl (C=O) groups is 4. The third kappa shape index (κ3) is 5.84. The van der Waals surface area contributed by atoms with Crippen LogP contribution in [0.2, 0.25) is 0 Å². The van der Waals surface area contributed by atoms with Gasteiger partial charge in [0.25, 0.3) is 0 Å². The van der Waals surface area contributed by atoms with Crippen molar-refractivity contribution in [2.75, 3.05) is 34.5 Å². The Bertz CT molecular complexity index is 2100. The molecule has 0 bridgehead atoms. The molecule has 0 amide bonds. The largest absolute Gasteiger partial charge is 0.507 e. The fraction of sp³-hybridized carbons (Fsp3) is 0.538. The molecule has 18 heteroatoms. The number of rotatable bonds is 9. The second-order valence-corrected chi connectivity index (χ2v) is 14.7. The number of methoxy groups -OCH3 is 3. The summed E-state index contributed by atoms with van der Waals surface area (Å²) in [7, 11) is 3.31. The van der Waals surface area contributed by atoms with Crippen molar-refractivity contribution in [3.05, 3.63) is 56.6 Å². The zero-order valence-electron chi connectivity index (χ0n) is 32.1. The number of carbonyl (C=O) groups excluding carboxylic acids is 4. The molecule has 57 heavy (non-hydrogen) atoms. The Morgan fingerprint density at radius 3 is 2.33 bits per heavy atom. The number of nitrogens with one attached hydrogen (secondary N) is 1. The summed E-state index contributed by atoms with van der Waals surface area (Å²) in [6.07, 6.45) is -8.25. The highest BCUT2D eigenvalue weighted by atomic mass is 16.6. The molecule has 0 radical (unpaired) electrons. The average molecular weight is 799 g/mol. The van der Waals surface area contributed by atoms with E-state index in [4.69, 9.17) is 29.1 Å². The molecular formula is C39H46N2O16. The summed E-state index contributed by atoms with van der Waals surface area (Å²) >= 11 is 0. The molecule has 0 saturated carbocycles. The van der Waals surface area contributed by atoms with E-state index in [1.807, 2.05) is 0 Å². The first-order chi connectivity index (χ1) is 26.8. The SMILES string of the molecule is CCOC(=O)CCC1(O)C(=N[C@H]2O[C@@H](C)[C@H](OC)[C@@H](O)[C@H]2CO)CC(=N)c2c1cc1c(c2O)C(=O)[C@]2(OC)[C@H](O)Cc3cc(C)c(C(=O)OC)c(O)c3[C@]2(O)C1=O. The summed E-state index contributed by atoms with van der Waals surface area (Å²) in [5.74, 6) is -7.55. The Labute approximate surface area is 326 Å². The fourth-order valence-electron chi connectivity index (χ4n) is 9.04. The van der Waals surface area contributed by atoms with E-state index in [0.29, 0.717) is 0 Å². The van der Waals surface area contributed by atoms with Gasteiger partial charge in [-0.2, -0.15) is 0 Å². The van der Waals surface area contributed by atoms with E-state index in [9.17, 15) is 50.1 Å². The summed E-state index contributed by atoms with van der Waals surface area (Å²) < 4.78 is 26.8. The van der Waals surface area contributed by atoms with Gasteiger partial charge in [0.2, 0.25) is 11.6 Å². The molecule has 8 N–H and O–H groups in total. The summed E-state index contributed by atoms with van der Waals surface area (Å²) in [5.41, 5.74) is -12.6. The lowest BCUT2D eigenvalue weighted by atomic mass is 9.56.